The molecule has 0 unspecified atom stereocenters. The molecule has 1 aromatic carbocycles. The van der Waals surface area contributed by atoms with Crippen LogP contribution in [0.25, 0.3) is 10.9 Å². The number of hydrogen-bond acceptors (Lipinski definition) is 4. The van der Waals surface area contributed by atoms with Gasteiger partial charge < -0.3 is 15.4 Å². The molecule has 0 radical (unpaired) electrons. The van der Waals surface area contributed by atoms with Gasteiger partial charge in [0.2, 0.25) is 5.91 Å². The largest absolute Gasteiger partial charge is 0.494 e. The average molecular weight is 273 g/mol. The molecule has 0 aliphatic carbocycles. The Morgan fingerprint density at radius 1 is 1.40 bits per heavy atom. The number of benzene rings is 1. The highest BCUT2D eigenvalue weighted by Gasteiger charge is 2.09. The number of aryl methyl sites for hydroxylation is 1. The summed E-state index contributed by atoms with van der Waals surface area (Å²) in [6.07, 6.45) is 0. The van der Waals surface area contributed by atoms with E-state index in [0.717, 1.165) is 28.0 Å². The van der Waals surface area contributed by atoms with Crippen molar-refractivity contribution in [3.8, 4) is 5.75 Å². The minimum absolute atomic E-state index is 0.0296. The van der Waals surface area contributed by atoms with E-state index >= 15 is 0 Å². The molecule has 1 amide bonds. The van der Waals surface area contributed by atoms with Gasteiger partial charge in [0.1, 0.15) is 11.3 Å². The Kier molecular flexibility index (Phi) is 4.40. The Morgan fingerprint density at radius 3 is 2.90 bits per heavy atom. The number of likely N-dealkylation sites (N-methyl/N-ethyl adjacent to an activating group) is 1. The summed E-state index contributed by atoms with van der Waals surface area (Å²) in [5.41, 5.74) is 2.56. The highest BCUT2D eigenvalue weighted by atomic mass is 16.5. The van der Waals surface area contributed by atoms with E-state index in [2.05, 4.69) is 15.6 Å². The number of nitrogens with zero attached hydrogens (tertiary/aromatic N) is 1. The second kappa shape index (κ2) is 6.23. The molecule has 106 valence electrons. The third-order valence-corrected chi connectivity index (χ3v) is 2.96. The predicted molar refractivity (Wildman–Crippen MR) is 80.2 cm³/mol. The first-order chi connectivity index (χ1) is 9.65. The molecule has 0 aliphatic heterocycles. The van der Waals surface area contributed by atoms with Crippen LogP contribution < -0.4 is 15.4 Å². The summed E-state index contributed by atoms with van der Waals surface area (Å²) >= 11 is 0. The molecule has 0 fully saturated rings. The number of anilines is 1. The summed E-state index contributed by atoms with van der Waals surface area (Å²) in [4.78, 5) is 16.1. The zero-order valence-corrected chi connectivity index (χ0v) is 12.0. The first-order valence-electron chi connectivity index (χ1n) is 6.60. The standard InChI is InChI=1S/C15H19N3O2/c1-4-16-14(19)9-17-12-8-10(2)18-15-11(12)6-5-7-13(15)20-3/h5-8H,4,9H2,1-3H3,(H,16,19)(H,17,18). The molecule has 0 aliphatic rings. The Bertz CT molecular complexity index is 626. The lowest BCUT2D eigenvalue weighted by Gasteiger charge is -2.12. The van der Waals surface area contributed by atoms with Gasteiger partial charge in [0, 0.05) is 23.3 Å². The third-order valence-electron chi connectivity index (χ3n) is 2.96. The maximum absolute atomic E-state index is 11.5. The van der Waals surface area contributed by atoms with Crippen LogP contribution in [-0.2, 0) is 4.79 Å². The van der Waals surface area contributed by atoms with E-state index in [-0.39, 0.29) is 12.5 Å². The molecule has 1 aromatic heterocycles. The topological polar surface area (TPSA) is 63.2 Å². The fourth-order valence-corrected chi connectivity index (χ4v) is 2.10. The summed E-state index contributed by atoms with van der Waals surface area (Å²) in [6, 6.07) is 7.68. The van der Waals surface area contributed by atoms with Crippen molar-refractivity contribution in [1.29, 1.82) is 0 Å². The van der Waals surface area contributed by atoms with E-state index in [0.29, 0.717) is 6.54 Å². The van der Waals surface area contributed by atoms with Crippen LogP contribution in [0.4, 0.5) is 5.69 Å². The van der Waals surface area contributed by atoms with Crippen molar-refractivity contribution in [2.75, 3.05) is 25.5 Å². The first kappa shape index (κ1) is 14.1. The van der Waals surface area contributed by atoms with E-state index in [4.69, 9.17) is 4.74 Å². The molecule has 0 saturated heterocycles. The Balaban J connectivity index is 2.35. The number of methoxy groups -OCH3 is 1. The normalized spacial score (nSPS) is 10.3. The number of para-hydroxylation sites is 1. The predicted octanol–water partition coefficient (Wildman–Crippen LogP) is 2.10. The van der Waals surface area contributed by atoms with Crippen LogP contribution in [-0.4, -0.2) is 31.1 Å². The number of hydrogen-bond donors (Lipinski definition) is 2. The zero-order chi connectivity index (χ0) is 14.5. The maximum Gasteiger partial charge on any atom is 0.239 e. The van der Waals surface area contributed by atoms with E-state index in [1.807, 2.05) is 38.1 Å². The molecule has 1 heterocycles. The van der Waals surface area contributed by atoms with Crippen molar-refractivity contribution in [1.82, 2.24) is 10.3 Å². The molecule has 0 bridgehead atoms. The Hall–Kier alpha value is -2.30. The smallest absolute Gasteiger partial charge is 0.239 e. The Morgan fingerprint density at radius 2 is 2.20 bits per heavy atom. The number of pyridine rings is 1. The summed E-state index contributed by atoms with van der Waals surface area (Å²) in [5, 5.41) is 6.86. The van der Waals surface area contributed by atoms with E-state index in [1.54, 1.807) is 7.11 Å². The fraction of sp³-hybridized carbons (Fsp3) is 0.333. The monoisotopic (exact) mass is 273 g/mol. The van der Waals surface area contributed by atoms with Crippen molar-refractivity contribution in [2.24, 2.45) is 0 Å². The van der Waals surface area contributed by atoms with Crippen LogP contribution in [0.15, 0.2) is 24.3 Å². The first-order valence-corrected chi connectivity index (χ1v) is 6.60. The van der Waals surface area contributed by atoms with Gasteiger partial charge in [-0.05, 0) is 26.0 Å². The maximum atomic E-state index is 11.5. The van der Waals surface area contributed by atoms with Crippen LogP contribution in [0.5, 0.6) is 5.75 Å². The van der Waals surface area contributed by atoms with Gasteiger partial charge in [-0.25, -0.2) is 4.98 Å². The summed E-state index contributed by atoms with van der Waals surface area (Å²) < 4.78 is 5.33. The molecular weight excluding hydrogens is 254 g/mol. The molecule has 2 rings (SSSR count). The Labute approximate surface area is 118 Å². The van der Waals surface area contributed by atoms with Crippen LogP contribution >= 0.6 is 0 Å². The lowest BCUT2D eigenvalue weighted by Crippen LogP contribution is -2.29. The highest BCUT2D eigenvalue weighted by molar-refractivity contribution is 5.96. The number of nitrogens with one attached hydrogen (secondary N) is 2. The molecule has 0 saturated carbocycles. The highest BCUT2D eigenvalue weighted by Crippen LogP contribution is 2.29. The molecule has 20 heavy (non-hydrogen) atoms. The zero-order valence-electron chi connectivity index (χ0n) is 12.0. The number of carbonyl (C=O) groups excluding carboxylic acids is 1. The van der Waals surface area contributed by atoms with Gasteiger partial charge in [0.15, 0.2) is 0 Å². The van der Waals surface area contributed by atoms with E-state index in [9.17, 15) is 4.79 Å². The van der Waals surface area contributed by atoms with Crippen molar-refractivity contribution in [3.05, 3.63) is 30.0 Å². The number of carbonyl (C=O) groups is 1. The van der Waals surface area contributed by atoms with Crippen LogP contribution in [0, 0.1) is 6.92 Å². The van der Waals surface area contributed by atoms with Gasteiger partial charge in [0.25, 0.3) is 0 Å². The van der Waals surface area contributed by atoms with Gasteiger partial charge in [-0.2, -0.15) is 0 Å². The number of amides is 1. The van der Waals surface area contributed by atoms with E-state index < -0.39 is 0 Å². The fourth-order valence-electron chi connectivity index (χ4n) is 2.10. The van der Waals surface area contributed by atoms with Crippen LogP contribution in [0.3, 0.4) is 0 Å². The summed E-state index contributed by atoms with van der Waals surface area (Å²) in [7, 11) is 1.63. The third kappa shape index (κ3) is 2.99. The molecule has 5 nitrogen and oxygen atoms in total. The van der Waals surface area contributed by atoms with Gasteiger partial charge in [-0.1, -0.05) is 12.1 Å². The van der Waals surface area contributed by atoms with Gasteiger partial charge in [-0.15, -0.1) is 0 Å². The lowest BCUT2D eigenvalue weighted by atomic mass is 10.1. The lowest BCUT2D eigenvalue weighted by molar-refractivity contribution is -0.119. The second-order valence-electron chi connectivity index (χ2n) is 4.47. The second-order valence-corrected chi connectivity index (χ2v) is 4.47. The quantitative estimate of drug-likeness (QED) is 0.875. The van der Waals surface area contributed by atoms with Gasteiger partial charge >= 0.3 is 0 Å². The molecule has 5 heteroatoms. The number of rotatable bonds is 5. The van der Waals surface area contributed by atoms with Crippen molar-refractivity contribution >= 4 is 22.5 Å². The molecule has 0 atom stereocenters. The van der Waals surface area contributed by atoms with E-state index in [1.165, 1.54) is 0 Å². The number of ether oxygens (including phenoxy) is 1. The summed E-state index contributed by atoms with van der Waals surface area (Å²) in [5.74, 6) is 0.699. The SMILES string of the molecule is CCNC(=O)CNc1cc(C)nc2c(OC)cccc12. The van der Waals surface area contributed by atoms with Crippen molar-refractivity contribution in [2.45, 2.75) is 13.8 Å². The molecular formula is C15H19N3O2. The van der Waals surface area contributed by atoms with Crippen LogP contribution in [0.1, 0.15) is 12.6 Å². The number of aromatic nitrogens is 1. The van der Waals surface area contributed by atoms with Crippen molar-refractivity contribution in [3.63, 3.8) is 0 Å². The minimum atomic E-state index is -0.0296. The average Bonchev–Trinajstić information content (AvgIpc) is 2.44. The minimum Gasteiger partial charge on any atom is -0.494 e. The molecule has 2 aromatic rings. The van der Waals surface area contributed by atoms with Gasteiger partial charge in [0.05, 0.1) is 13.7 Å². The molecule has 2 N–H and O–H groups in total. The summed E-state index contributed by atoms with van der Waals surface area (Å²) in [6.45, 7) is 4.69. The molecule has 0 spiro atoms. The van der Waals surface area contributed by atoms with Crippen LogP contribution in [0.2, 0.25) is 0 Å². The number of fused-ring (bicyclic) bond motifs is 1. The van der Waals surface area contributed by atoms with Crippen molar-refractivity contribution < 1.29 is 9.53 Å². The van der Waals surface area contributed by atoms with Gasteiger partial charge in [-0.3, -0.25) is 4.79 Å².